The highest BCUT2D eigenvalue weighted by Crippen LogP contribution is 2.28. The number of nitrogens with one attached hydrogen (secondary N) is 1. The molecule has 0 saturated heterocycles. The first-order chi connectivity index (χ1) is 7.16. The fourth-order valence-electron chi connectivity index (χ4n) is 2.17. The van der Waals surface area contributed by atoms with Crippen LogP contribution in [-0.4, -0.2) is 6.54 Å². The molecule has 1 N–H and O–H groups in total. The van der Waals surface area contributed by atoms with E-state index in [4.69, 9.17) is 0 Å². The lowest BCUT2D eigenvalue weighted by molar-refractivity contribution is 0.513. The lowest BCUT2D eigenvalue weighted by atomic mass is 9.88. The fourth-order valence-corrected chi connectivity index (χ4v) is 2.17. The van der Waals surface area contributed by atoms with Gasteiger partial charge in [-0.05, 0) is 56.3 Å². The van der Waals surface area contributed by atoms with Crippen molar-refractivity contribution < 1.29 is 0 Å². The van der Waals surface area contributed by atoms with Crippen molar-refractivity contribution in [1.29, 1.82) is 0 Å². The largest absolute Gasteiger partial charge is 0.381 e. The summed E-state index contributed by atoms with van der Waals surface area (Å²) in [6.07, 6.45) is 8.55. The first kappa shape index (κ1) is 10.5. The van der Waals surface area contributed by atoms with Crippen LogP contribution in [0.1, 0.15) is 40.0 Å². The second-order valence-corrected chi connectivity index (χ2v) is 4.98. The minimum absolute atomic E-state index is 0.872. The van der Waals surface area contributed by atoms with Crippen LogP contribution >= 0.6 is 0 Å². The molecule has 0 spiro atoms. The maximum Gasteiger partial charge on any atom is 0.0374 e. The van der Waals surface area contributed by atoms with Crippen molar-refractivity contribution in [2.45, 2.75) is 40.0 Å². The van der Waals surface area contributed by atoms with Gasteiger partial charge in [0.15, 0.2) is 0 Å². The highest BCUT2D eigenvalue weighted by atomic mass is 14.9. The van der Waals surface area contributed by atoms with Gasteiger partial charge in [0.1, 0.15) is 0 Å². The smallest absolute Gasteiger partial charge is 0.0374 e. The Bertz CT molecular complexity index is 344. The maximum atomic E-state index is 3.52. The van der Waals surface area contributed by atoms with Gasteiger partial charge in [-0.3, -0.25) is 0 Å². The molecule has 15 heavy (non-hydrogen) atoms. The van der Waals surface area contributed by atoms with E-state index in [1.807, 2.05) is 0 Å². The van der Waals surface area contributed by atoms with Gasteiger partial charge < -0.3 is 5.32 Å². The average Bonchev–Trinajstić information content (AvgIpc) is 2.23. The Morgan fingerprint density at radius 3 is 2.73 bits per heavy atom. The summed E-state index contributed by atoms with van der Waals surface area (Å²) in [4.78, 5) is 0. The second kappa shape index (κ2) is 4.26. The number of dihydropyridines is 1. The fraction of sp³-hybridized carbons (Fsp3) is 0.571. The quantitative estimate of drug-likeness (QED) is 0.687. The van der Waals surface area contributed by atoms with Crippen LogP contribution in [0.4, 0.5) is 0 Å². The lowest BCUT2D eigenvalue weighted by Gasteiger charge is -2.24. The summed E-state index contributed by atoms with van der Waals surface area (Å²) in [7, 11) is 0. The summed E-state index contributed by atoms with van der Waals surface area (Å²) in [5.41, 5.74) is 5.79. The molecule has 0 saturated carbocycles. The van der Waals surface area contributed by atoms with E-state index in [2.05, 4.69) is 38.2 Å². The molecule has 2 aliphatic rings. The summed E-state index contributed by atoms with van der Waals surface area (Å²) < 4.78 is 0. The Labute approximate surface area is 93.0 Å². The summed E-state index contributed by atoms with van der Waals surface area (Å²) >= 11 is 0. The molecule has 1 nitrogen and oxygen atoms in total. The minimum Gasteiger partial charge on any atom is -0.381 e. The molecular weight excluding hydrogens is 182 g/mol. The Hall–Kier alpha value is -0.980. The number of rotatable bonds is 1. The van der Waals surface area contributed by atoms with E-state index >= 15 is 0 Å². The van der Waals surface area contributed by atoms with Crippen molar-refractivity contribution >= 4 is 0 Å². The highest BCUT2D eigenvalue weighted by molar-refractivity contribution is 5.41. The van der Waals surface area contributed by atoms with E-state index < -0.39 is 0 Å². The highest BCUT2D eigenvalue weighted by Gasteiger charge is 2.15. The summed E-state index contributed by atoms with van der Waals surface area (Å²) in [5, 5.41) is 3.52. The van der Waals surface area contributed by atoms with E-state index in [-0.39, 0.29) is 0 Å². The van der Waals surface area contributed by atoms with Crippen LogP contribution in [0, 0.1) is 5.92 Å². The van der Waals surface area contributed by atoms with E-state index in [1.54, 1.807) is 0 Å². The molecule has 2 rings (SSSR count). The summed E-state index contributed by atoms with van der Waals surface area (Å²) in [6, 6.07) is 0. The van der Waals surface area contributed by atoms with Gasteiger partial charge >= 0.3 is 0 Å². The third-order valence-electron chi connectivity index (χ3n) is 3.60. The van der Waals surface area contributed by atoms with Crippen LogP contribution in [0.3, 0.4) is 0 Å². The zero-order valence-corrected chi connectivity index (χ0v) is 10.1. The van der Waals surface area contributed by atoms with Crippen LogP contribution < -0.4 is 5.32 Å². The Kier molecular flexibility index (Phi) is 2.99. The van der Waals surface area contributed by atoms with Crippen molar-refractivity contribution in [2.75, 3.05) is 6.54 Å². The van der Waals surface area contributed by atoms with E-state index in [1.165, 1.54) is 41.7 Å². The van der Waals surface area contributed by atoms with Crippen LogP contribution in [0.15, 0.2) is 34.6 Å². The Morgan fingerprint density at radius 1 is 1.33 bits per heavy atom. The molecule has 0 unspecified atom stereocenters. The Balaban J connectivity index is 2.16. The number of hydrogen-bond donors (Lipinski definition) is 1. The molecule has 0 amide bonds. The molecule has 0 aromatic rings. The van der Waals surface area contributed by atoms with Crippen LogP contribution in [0.25, 0.3) is 0 Å². The zero-order chi connectivity index (χ0) is 10.8. The first-order valence-corrected chi connectivity index (χ1v) is 5.98. The first-order valence-electron chi connectivity index (χ1n) is 5.98. The minimum atomic E-state index is 0.872. The van der Waals surface area contributed by atoms with E-state index in [0.717, 1.165) is 12.5 Å². The van der Waals surface area contributed by atoms with E-state index in [9.17, 15) is 0 Å². The van der Waals surface area contributed by atoms with Crippen LogP contribution in [-0.2, 0) is 0 Å². The van der Waals surface area contributed by atoms with Crippen LogP contribution in [0.2, 0.25) is 0 Å². The standard InChI is InChI=1S/C14H21N/c1-10-4-6-13(7-5-10)14-8-11(2)12(3)9-15-14/h6,8,10,15H,4-5,7,9H2,1-3H3/t10-/m0/s1. The SMILES string of the molecule is CC1=C(C)CNC(C2=CC[C@H](C)CC2)=C1. The summed E-state index contributed by atoms with van der Waals surface area (Å²) in [6.45, 7) is 7.77. The maximum absolute atomic E-state index is 3.52. The molecule has 1 aliphatic heterocycles. The molecule has 0 fully saturated rings. The van der Waals surface area contributed by atoms with Gasteiger partial charge in [-0.1, -0.05) is 18.6 Å². The van der Waals surface area contributed by atoms with Crippen molar-refractivity contribution in [3.63, 3.8) is 0 Å². The molecule has 1 heterocycles. The zero-order valence-electron chi connectivity index (χ0n) is 10.1. The van der Waals surface area contributed by atoms with Gasteiger partial charge in [-0.25, -0.2) is 0 Å². The van der Waals surface area contributed by atoms with Gasteiger partial charge in [-0.15, -0.1) is 0 Å². The van der Waals surface area contributed by atoms with Crippen molar-refractivity contribution in [1.82, 2.24) is 5.32 Å². The van der Waals surface area contributed by atoms with Gasteiger partial charge in [-0.2, -0.15) is 0 Å². The van der Waals surface area contributed by atoms with Crippen LogP contribution in [0.5, 0.6) is 0 Å². The lowest BCUT2D eigenvalue weighted by Crippen LogP contribution is -2.22. The third-order valence-corrected chi connectivity index (χ3v) is 3.60. The number of hydrogen-bond acceptors (Lipinski definition) is 1. The Morgan fingerprint density at radius 2 is 2.13 bits per heavy atom. The van der Waals surface area contributed by atoms with Gasteiger partial charge in [0.25, 0.3) is 0 Å². The molecule has 0 aromatic heterocycles. The molecule has 1 heteroatoms. The molecule has 1 aliphatic carbocycles. The molecule has 0 bridgehead atoms. The average molecular weight is 203 g/mol. The van der Waals surface area contributed by atoms with Crippen molar-refractivity contribution in [3.05, 3.63) is 34.6 Å². The summed E-state index contributed by atoms with van der Waals surface area (Å²) in [5.74, 6) is 0.872. The molecular formula is C14H21N. The predicted octanol–water partition coefficient (Wildman–Crippen LogP) is 3.56. The van der Waals surface area contributed by atoms with Gasteiger partial charge in [0.05, 0.1) is 0 Å². The molecule has 1 atom stereocenters. The van der Waals surface area contributed by atoms with Crippen molar-refractivity contribution in [3.8, 4) is 0 Å². The van der Waals surface area contributed by atoms with Gasteiger partial charge in [0.2, 0.25) is 0 Å². The van der Waals surface area contributed by atoms with E-state index in [0.29, 0.717) is 0 Å². The second-order valence-electron chi connectivity index (χ2n) is 4.98. The topological polar surface area (TPSA) is 12.0 Å². The van der Waals surface area contributed by atoms with Gasteiger partial charge in [0, 0.05) is 12.2 Å². The monoisotopic (exact) mass is 203 g/mol. The molecule has 0 radical (unpaired) electrons. The number of allylic oxidation sites excluding steroid dienone is 4. The third kappa shape index (κ3) is 2.34. The normalized spacial score (nSPS) is 27.0. The molecule has 82 valence electrons. The predicted molar refractivity (Wildman–Crippen MR) is 65.6 cm³/mol. The van der Waals surface area contributed by atoms with Crippen molar-refractivity contribution in [2.24, 2.45) is 5.92 Å². The molecule has 0 aromatic carbocycles.